The van der Waals surface area contributed by atoms with E-state index in [2.05, 4.69) is 30.3 Å². The molecule has 1 saturated carbocycles. The molecule has 14 nitrogen and oxygen atoms in total. The molecule has 1 atom stereocenters. The normalized spacial score (nSPS) is 24.5. The van der Waals surface area contributed by atoms with Crippen molar-refractivity contribution in [1.82, 2.24) is 25.4 Å². The average molecular weight is 837 g/mol. The van der Waals surface area contributed by atoms with Crippen LogP contribution in [0.1, 0.15) is 95.3 Å². The number of halogens is 2. The van der Waals surface area contributed by atoms with Gasteiger partial charge < -0.3 is 19.9 Å². The summed E-state index contributed by atoms with van der Waals surface area (Å²) in [5.41, 5.74) is 1.43. The Kier molecular flexibility index (Phi) is 10.7. The summed E-state index contributed by atoms with van der Waals surface area (Å²) in [6.45, 7) is 12.2. The maximum absolute atomic E-state index is 15.5. The first-order valence-corrected chi connectivity index (χ1v) is 21.2. The monoisotopic (exact) mass is 836 g/mol. The van der Waals surface area contributed by atoms with E-state index >= 15 is 4.39 Å². The molecule has 1 aliphatic carbocycles. The van der Waals surface area contributed by atoms with Gasteiger partial charge in [-0.15, -0.1) is 0 Å². The number of rotatable bonds is 8. The molecule has 1 aromatic heterocycles. The Morgan fingerprint density at radius 2 is 1.62 bits per heavy atom. The Morgan fingerprint density at radius 1 is 0.900 bits per heavy atom. The number of fused-ring (bicyclic) bond motifs is 1. The lowest BCUT2D eigenvalue weighted by Crippen LogP contribution is -2.64. The summed E-state index contributed by atoms with van der Waals surface area (Å²) in [6.07, 6.45) is 8.80. The third-order valence-electron chi connectivity index (χ3n) is 13.4. The smallest absolute Gasteiger partial charge is 0.262 e. The molecule has 1 spiro atoms. The van der Waals surface area contributed by atoms with Crippen LogP contribution in [0.2, 0.25) is 5.02 Å². The minimum atomic E-state index is -1.09. The van der Waals surface area contributed by atoms with Gasteiger partial charge in [0.15, 0.2) is 0 Å². The first kappa shape index (κ1) is 39.8. The molecule has 3 aromatic rings. The number of pyridine rings is 1. The van der Waals surface area contributed by atoms with Crippen LogP contribution in [0.5, 0.6) is 5.75 Å². The number of carbonyl (C=O) groups excluding carboxylic acids is 5. The minimum Gasteiger partial charge on any atom is -0.490 e. The van der Waals surface area contributed by atoms with Crippen LogP contribution < -0.4 is 25.2 Å². The van der Waals surface area contributed by atoms with E-state index in [1.54, 1.807) is 24.4 Å². The highest BCUT2D eigenvalue weighted by Crippen LogP contribution is 2.44. The van der Waals surface area contributed by atoms with Gasteiger partial charge in [-0.05, 0) is 99.6 Å². The number of nitrogens with one attached hydrogen (secondary N) is 2. The molecule has 60 heavy (non-hydrogen) atoms. The molecule has 5 amide bonds. The summed E-state index contributed by atoms with van der Waals surface area (Å²) in [7, 11) is 0. The third-order valence-corrected chi connectivity index (χ3v) is 13.7. The Labute approximate surface area is 352 Å². The number of imide groups is 2. The maximum atomic E-state index is 15.5. The van der Waals surface area contributed by atoms with Crippen molar-refractivity contribution in [1.29, 1.82) is 0 Å². The molecule has 0 radical (unpaired) electrons. The van der Waals surface area contributed by atoms with Crippen LogP contribution in [0.15, 0.2) is 48.7 Å². The number of hydrogen-bond acceptors (Lipinski definition) is 10. The van der Waals surface area contributed by atoms with Crippen molar-refractivity contribution < 1.29 is 33.1 Å². The van der Waals surface area contributed by atoms with Crippen molar-refractivity contribution in [3.63, 3.8) is 0 Å². The molecule has 5 fully saturated rings. The molecular weight excluding hydrogens is 791 g/mol. The van der Waals surface area contributed by atoms with Gasteiger partial charge in [0.05, 0.1) is 40.1 Å². The van der Waals surface area contributed by atoms with Crippen LogP contribution in [-0.2, 0) is 9.59 Å². The molecule has 16 heteroatoms. The van der Waals surface area contributed by atoms with Crippen LogP contribution in [0.4, 0.5) is 21.6 Å². The van der Waals surface area contributed by atoms with Gasteiger partial charge in [0.1, 0.15) is 23.4 Å². The van der Waals surface area contributed by atoms with E-state index in [0.717, 1.165) is 94.3 Å². The second kappa shape index (κ2) is 16.1. The Hall–Kier alpha value is -5.59. The van der Waals surface area contributed by atoms with E-state index in [1.807, 2.05) is 17.0 Å². The number of aromatic nitrogens is 1. The standard InChI is InChI=1S/C44H46ClFN8O6/c1-47-35-8-7-30(20-33(35)45)60-29-5-3-27(4-6-29)49-40(56)26-2-10-38(48-23-26)52-16-12-28(13-17-52)53-24-44(25-53)14-18-51(19-15-44)37-22-32-31(21-34(37)46)42(58)54(43(32)59)36-9-11-39(55)50-41(36)57/h2,7-8,10,20-23,27-29,36H,3-6,9,11-19,24-25H2,(H,49,56)(H,50,55,57). The topological polar surface area (TPSA) is 149 Å². The van der Waals surface area contributed by atoms with E-state index < -0.39 is 35.5 Å². The maximum Gasteiger partial charge on any atom is 0.262 e. The van der Waals surface area contributed by atoms with E-state index in [1.165, 1.54) is 6.07 Å². The van der Waals surface area contributed by atoms with Crippen LogP contribution in [0, 0.1) is 17.8 Å². The van der Waals surface area contributed by atoms with Gasteiger partial charge in [0.25, 0.3) is 17.7 Å². The zero-order valence-corrected chi connectivity index (χ0v) is 33.9. The number of hydrogen-bond donors (Lipinski definition) is 2. The molecule has 5 aliphatic heterocycles. The molecular formula is C44H46ClFN8O6. The number of amides is 5. The molecule has 2 aromatic carbocycles. The molecule has 6 aliphatic rings. The number of piperidine rings is 3. The van der Waals surface area contributed by atoms with Crippen molar-refractivity contribution in [2.75, 3.05) is 49.1 Å². The summed E-state index contributed by atoms with van der Waals surface area (Å²) in [6, 6.07) is 10.9. The van der Waals surface area contributed by atoms with Crippen molar-refractivity contribution in [3.05, 3.63) is 87.6 Å². The summed E-state index contributed by atoms with van der Waals surface area (Å²) in [5, 5.41) is 5.73. The fourth-order valence-corrected chi connectivity index (χ4v) is 10.2. The van der Waals surface area contributed by atoms with Crippen molar-refractivity contribution in [3.8, 4) is 5.75 Å². The number of carbonyl (C=O) groups is 5. The Morgan fingerprint density at radius 3 is 2.27 bits per heavy atom. The van der Waals surface area contributed by atoms with E-state index in [-0.39, 0.29) is 47.4 Å². The van der Waals surface area contributed by atoms with Crippen molar-refractivity contribution >= 4 is 58.3 Å². The highest BCUT2D eigenvalue weighted by atomic mass is 35.5. The molecule has 9 rings (SSSR count). The number of benzene rings is 2. The zero-order chi connectivity index (χ0) is 41.7. The number of nitrogens with zero attached hydrogens (tertiary/aromatic N) is 6. The van der Waals surface area contributed by atoms with Crippen LogP contribution in [-0.4, -0.2) is 108 Å². The number of anilines is 2. The first-order chi connectivity index (χ1) is 29.0. The van der Waals surface area contributed by atoms with Gasteiger partial charge in [-0.1, -0.05) is 17.7 Å². The fourth-order valence-electron chi connectivity index (χ4n) is 9.94. The summed E-state index contributed by atoms with van der Waals surface area (Å²) >= 11 is 6.16. The Balaban J connectivity index is 0.709. The fraction of sp³-hybridized carbons (Fsp3) is 0.477. The molecule has 0 bridgehead atoms. The van der Waals surface area contributed by atoms with Gasteiger partial charge in [-0.25, -0.2) is 14.2 Å². The van der Waals surface area contributed by atoms with Gasteiger partial charge >= 0.3 is 0 Å². The van der Waals surface area contributed by atoms with Crippen molar-refractivity contribution in [2.45, 2.75) is 88.4 Å². The first-order valence-electron chi connectivity index (χ1n) is 20.9. The molecule has 2 N–H and O–H groups in total. The highest BCUT2D eigenvalue weighted by molar-refractivity contribution is 6.33. The number of likely N-dealkylation sites (tertiary alicyclic amines) is 1. The lowest BCUT2D eigenvalue weighted by atomic mass is 9.70. The summed E-state index contributed by atoms with van der Waals surface area (Å²) in [4.78, 5) is 79.4. The largest absolute Gasteiger partial charge is 0.490 e. The molecule has 6 heterocycles. The van der Waals surface area contributed by atoms with E-state index in [0.29, 0.717) is 46.8 Å². The number of ether oxygens (including phenoxy) is 1. The van der Waals surface area contributed by atoms with Gasteiger partial charge in [-0.3, -0.25) is 39.1 Å². The lowest BCUT2D eigenvalue weighted by Gasteiger charge is -2.57. The van der Waals surface area contributed by atoms with Crippen molar-refractivity contribution in [2.24, 2.45) is 5.41 Å². The average Bonchev–Trinajstić information content (AvgIpc) is 3.47. The van der Waals surface area contributed by atoms with E-state index in [4.69, 9.17) is 22.9 Å². The quantitative estimate of drug-likeness (QED) is 0.220. The summed E-state index contributed by atoms with van der Waals surface area (Å²) < 4.78 is 21.6. The molecule has 312 valence electrons. The third kappa shape index (κ3) is 7.67. The summed E-state index contributed by atoms with van der Waals surface area (Å²) in [5.74, 6) is -1.67. The second-order valence-corrected chi connectivity index (χ2v) is 17.5. The zero-order valence-electron chi connectivity index (χ0n) is 33.1. The predicted octanol–water partition coefficient (Wildman–Crippen LogP) is 5.52. The highest BCUT2D eigenvalue weighted by Gasteiger charge is 2.49. The lowest BCUT2D eigenvalue weighted by molar-refractivity contribution is -0.136. The SMILES string of the molecule is [C-]#[N+]c1ccc(OC2CCC(NC(=O)c3ccc(N4CCC(N5CC6(CCN(c7cc8c(cc7F)C(=O)N(C7CCC(=O)NC7=O)C8=O)CC6)C5)CC4)nc3)CC2)cc1Cl. The van der Waals surface area contributed by atoms with Crippen LogP contribution in [0.25, 0.3) is 4.85 Å². The van der Waals surface area contributed by atoms with E-state index in [9.17, 15) is 24.0 Å². The van der Waals surface area contributed by atoms with Gasteiger partial charge in [-0.2, -0.15) is 0 Å². The molecule has 4 saturated heterocycles. The minimum absolute atomic E-state index is 0.0210. The van der Waals surface area contributed by atoms with Gasteiger partial charge in [0.2, 0.25) is 17.5 Å². The predicted molar refractivity (Wildman–Crippen MR) is 220 cm³/mol. The Bertz CT molecular complexity index is 2270. The van der Waals surface area contributed by atoms with Gasteiger partial charge in [0, 0.05) is 64.0 Å². The van der Waals surface area contributed by atoms with Crippen LogP contribution >= 0.6 is 11.6 Å². The van der Waals surface area contributed by atoms with Crippen LogP contribution in [0.3, 0.4) is 0 Å². The second-order valence-electron chi connectivity index (χ2n) is 17.1. The molecule has 1 unspecified atom stereocenters.